The molecule has 0 bridgehead atoms. The molecule has 0 atom stereocenters. The molecule has 1 fully saturated rings. The number of thiophene rings is 1. The number of Topliss-reactive ketones (excluding diaryl/α,β-unsaturated/α-hetero) is 1. The number of halogens is 1. The van der Waals surface area contributed by atoms with Crippen molar-refractivity contribution in [1.82, 2.24) is 14.5 Å². The summed E-state index contributed by atoms with van der Waals surface area (Å²) < 4.78 is 41.3. The quantitative estimate of drug-likeness (QED) is 0.567. The number of nitrogens with zero attached hydrogens (tertiary/aromatic N) is 3. The van der Waals surface area contributed by atoms with Crippen LogP contribution in [-0.4, -0.2) is 68.7 Å². The number of carbonyl (C=O) groups is 2. The third-order valence-electron chi connectivity index (χ3n) is 5.61. The molecule has 3 rings (SSSR count). The normalized spacial score (nSPS) is 14.6. The Hall–Kier alpha value is -2.50. The van der Waals surface area contributed by atoms with Gasteiger partial charge in [-0.2, -0.15) is 4.31 Å². The number of amides is 2. The molecule has 1 aliphatic rings. The third-order valence-corrected chi connectivity index (χ3v) is 9.21. The lowest BCUT2D eigenvalue weighted by molar-refractivity contribution is 0.101. The predicted octanol–water partition coefficient (Wildman–Crippen LogP) is 3.15. The molecule has 0 aliphatic carbocycles. The van der Waals surface area contributed by atoms with Gasteiger partial charge in [-0.15, -0.1) is 11.3 Å². The van der Waals surface area contributed by atoms with Crippen molar-refractivity contribution in [2.75, 3.05) is 44.2 Å². The summed E-state index contributed by atoms with van der Waals surface area (Å²) >= 11 is 1.15. The molecule has 1 aromatic carbocycles. The molecule has 2 amide bonds. The Morgan fingerprint density at radius 2 is 1.76 bits per heavy atom. The average Bonchev–Trinajstić information content (AvgIpc) is 3.28. The van der Waals surface area contributed by atoms with Gasteiger partial charge in [0.05, 0.1) is 12.2 Å². The van der Waals surface area contributed by atoms with E-state index in [0.29, 0.717) is 50.5 Å². The van der Waals surface area contributed by atoms with Crippen molar-refractivity contribution in [1.29, 1.82) is 0 Å². The lowest BCUT2D eigenvalue weighted by Gasteiger charge is -2.36. The topological polar surface area (TPSA) is 90.0 Å². The first-order valence-electron chi connectivity index (χ1n) is 10.8. The number of rotatable bonds is 8. The summed E-state index contributed by atoms with van der Waals surface area (Å²) in [6.07, 6.45) is 0. The maximum absolute atomic E-state index is 14.4. The first-order chi connectivity index (χ1) is 15.7. The van der Waals surface area contributed by atoms with Gasteiger partial charge in [0.15, 0.2) is 5.78 Å². The minimum absolute atomic E-state index is 0.189. The maximum atomic E-state index is 14.4. The largest absolute Gasteiger partial charge is 0.366 e. The number of hydrogen-bond acceptors (Lipinski definition) is 6. The molecule has 0 saturated carbocycles. The van der Waals surface area contributed by atoms with Gasteiger partial charge in [-0.25, -0.2) is 17.6 Å². The SMILES string of the molecule is CCN(CC)S(=O)(=O)c1ccc(CNC(=O)N2CCN(c3ccc(C(C)=O)cc3F)CC2)s1. The zero-order valence-corrected chi connectivity index (χ0v) is 20.6. The van der Waals surface area contributed by atoms with Crippen molar-refractivity contribution in [2.45, 2.75) is 31.5 Å². The Kier molecular flexibility index (Phi) is 8.09. The van der Waals surface area contributed by atoms with Gasteiger partial charge in [-0.05, 0) is 37.3 Å². The van der Waals surface area contributed by atoms with E-state index in [4.69, 9.17) is 0 Å². The number of anilines is 1. The summed E-state index contributed by atoms with van der Waals surface area (Å²) in [5.41, 5.74) is 0.747. The number of hydrogen-bond donors (Lipinski definition) is 1. The van der Waals surface area contributed by atoms with Crippen molar-refractivity contribution >= 4 is 38.9 Å². The number of carbonyl (C=O) groups excluding carboxylic acids is 2. The Labute approximate surface area is 198 Å². The predicted molar refractivity (Wildman–Crippen MR) is 127 cm³/mol. The molecule has 1 N–H and O–H groups in total. The number of piperazine rings is 1. The molecular weight excluding hydrogens is 467 g/mol. The van der Waals surface area contributed by atoms with Gasteiger partial charge in [-0.3, -0.25) is 4.79 Å². The van der Waals surface area contributed by atoms with E-state index in [1.165, 1.54) is 17.3 Å². The van der Waals surface area contributed by atoms with E-state index in [9.17, 15) is 22.4 Å². The van der Waals surface area contributed by atoms with Crippen LogP contribution in [0.5, 0.6) is 0 Å². The van der Waals surface area contributed by atoms with Crippen molar-refractivity contribution < 1.29 is 22.4 Å². The summed E-state index contributed by atoms with van der Waals surface area (Å²) in [5.74, 6) is -0.640. The number of benzene rings is 1. The minimum Gasteiger partial charge on any atom is -0.366 e. The third kappa shape index (κ3) is 5.71. The highest BCUT2D eigenvalue weighted by Gasteiger charge is 2.25. The van der Waals surface area contributed by atoms with Crippen LogP contribution in [0.4, 0.5) is 14.9 Å². The van der Waals surface area contributed by atoms with Crippen LogP contribution in [-0.2, 0) is 16.6 Å². The second-order valence-corrected chi connectivity index (χ2v) is 11.0. The van der Waals surface area contributed by atoms with Gasteiger partial charge in [0.1, 0.15) is 10.0 Å². The summed E-state index contributed by atoms with van der Waals surface area (Å²) in [7, 11) is -3.51. The van der Waals surface area contributed by atoms with Gasteiger partial charge in [0.2, 0.25) is 0 Å². The van der Waals surface area contributed by atoms with E-state index >= 15 is 0 Å². The molecule has 0 spiro atoms. The zero-order valence-electron chi connectivity index (χ0n) is 19.0. The summed E-state index contributed by atoms with van der Waals surface area (Å²) in [6.45, 7) is 7.81. The number of nitrogens with one attached hydrogen (secondary N) is 1. The van der Waals surface area contributed by atoms with Crippen molar-refractivity contribution in [3.05, 3.63) is 46.6 Å². The fraction of sp³-hybridized carbons (Fsp3) is 0.455. The number of ketones is 1. The smallest absolute Gasteiger partial charge is 0.317 e. The first-order valence-corrected chi connectivity index (χ1v) is 13.1. The first kappa shape index (κ1) is 25.1. The monoisotopic (exact) mass is 496 g/mol. The van der Waals surface area contributed by atoms with Crippen LogP contribution in [0, 0.1) is 5.82 Å². The van der Waals surface area contributed by atoms with Crippen molar-refractivity contribution in [3.63, 3.8) is 0 Å². The van der Waals surface area contributed by atoms with Gasteiger partial charge < -0.3 is 15.1 Å². The van der Waals surface area contributed by atoms with Gasteiger partial charge in [0.25, 0.3) is 10.0 Å². The molecule has 11 heteroatoms. The summed E-state index contributed by atoms with van der Waals surface area (Å²) in [5, 5.41) is 2.84. The summed E-state index contributed by atoms with van der Waals surface area (Å²) in [4.78, 5) is 28.2. The van der Waals surface area contributed by atoms with Gasteiger partial charge in [0, 0.05) is 49.7 Å². The number of urea groups is 1. The van der Waals surface area contributed by atoms with Crippen molar-refractivity contribution in [3.8, 4) is 0 Å². The highest BCUT2D eigenvalue weighted by molar-refractivity contribution is 7.91. The molecule has 180 valence electrons. The van der Waals surface area contributed by atoms with Crippen LogP contribution in [0.15, 0.2) is 34.5 Å². The van der Waals surface area contributed by atoms with E-state index < -0.39 is 15.8 Å². The highest BCUT2D eigenvalue weighted by Crippen LogP contribution is 2.25. The van der Waals surface area contributed by atoms with Crippen LogP contribution in [0.2, 0.25) is 0 Å². The molecule has 1 aromatic heterocycles. The van der Waals surface area contributed by atoms with E-state index in [2.05, 4.69) is 5.32 Å². The molecular formula is C22H29FN4O4S2. The van der Waals surface area contributed by atoms with Crippen molar-refractivity contribution in [2.24, 2.45) is 0 Å². The lowest BCUT2D eigenvalue weighted by atomic mass is 10.1. The Balaban J connectivity index is 1.53. The lowest BCUT2D eigenvalue weighted by Crippen LogP contribution is -2.51. The van der Waals surface area contributed by atoms with Crippen LogP contribution < -0.4 is 10.2 Å². The fourth-order valence-corrected chi connectivity index (χ4v) is 6.60. The second-order valence-electron chi connectivity index (χ2n) is 7.67. The molecule has 2 aromatic rings. The zero-order chi connectivity index (χ0) is 24.2. The minimum atomic E-state index is -3.51. The maximum Gasteiger partial charge on any atom is 0.317 e. The van der Waals surface area contributed by atoms with Crippen LogP contribution in [0.3, 0.4) is 0 Å². The van der Waals surface area contributed by atoms with Crippen LogP contribution >= 0.6 is 11.3 Å². The fourth-order valence-electron chi connectivity index (χ4n) is 3.69. The van der Waals surface area contributed by atoms with E-state index in [1.54, 1.807) is 43.0 Å². The molecule has 33 heavy (non-hydrogen) atoms. The summed E-state index contributed by atoms with van der Waals surface area (Å²) in [6, 6.07) is 7.49. The Morgan fingerprint density at radius 1 is 1.09 bits per heavy atom. The molecule has 0 unspecified atom stereocenters. The average molecular weight is 497 g/mol. The van der Waals surface area contributed by atoms with Gasteiger partial charge in [-0.1, -0.05) is 13.8 Å². The number of sulfonamides is 1. The van der Waals surface area contributed by atoms with E-state index in [-0.39, 0.29) is 22.6 Å². The molecule has 1 saturated heterocycles. The van der Waals surface area contributed by atoms with E-state index in [1.807, 2.05) is 4.90 Å². The molecule has 8 nitrogen and oxygen atoms in total. The Bertz CT molecular complexity index is 1110. The molecule has 2 heterocycles. The Morgan fingerprint density at radius 3 is 2.33 bits per heavy atom. The second kappa shape index (κ2) is 10.6. The standard InChI is InChI=1S/C22H29FN4O4S2/c1-4-27(5-2)33(30,31)21-9-7-18(32-21)15-24-22(29)26-12-10-25(11-13-26)20-8-6-17(16(3)28)14-19(20)23/h6-9,14H,4-5,10-13,15H2,1-3H3,(H,24,29). The van der Waals surface area contributed by atoms with Crippen LogP contribution in [0.1, 0.15) is 36.0 Å². The van der Waals surface area contributed by atoms with Gasteiger partial charge >= 0.3 is 6.03 Å². The highest BCUT2D eigenvalue weighted by atomic mass is 32.2. The molecule has 0 radical (unpaired) electrons. The molecule has 1 aliphatic heterocycles. The van der Waals surface area contributed by atoms with Crippen LogP contribution in [0.25, 0.3) is 0 Å². The van der Waals surface area contributed by atoms with E-state index in [0.717, 1.165) is 16.2 Å².